The average molecular weight is 615 g/mol. The number of aromatic nitrogens is 1. The van der Waals surface area contributed by atoms with Crippen LogP contribution in [-0.4, -0.2) is 4.98 Å². The standard InChI is InChI=1S/C45H30N2O/c1-3-11-31(12-4-1)32-20-22-33(23-21-32)35-15-9-16-38(27-35)47(42-18-8-7-17-40(42)34-13-5-2-6-14-34)39-25-24-36-29-41-44(30-37(36)28-39)48-43-19-10-26-46-45(41)43/h1-30H. The zero-order valence-corrected chi connectivity index (χ0v) is 26.1. The third-order valence-corrected chi connectivity index (χ3v) is 9.09. The highest BCUT2D eigenvalue weighted by molar-refractivity contribution is 6.09. The van der Waals surface area contributed by atoms with Gasteiger partial charge in [-0.2, -0.15) is 0 Å². The van der Waals surface area contributed by atoms with Crippen LogP contribution in [0.4, 0.5) is 17.1 Å². The minimum Gasteiger partial charge on any atom is -0.454 e. The quantitative estimate of drug-likeness (QED) is 0.187. The van der Waals surface area contributed by atoms with E-state index in [9.17, 15) is 0 Å². The molecule has 226 valence electrons. The molecule has 7 aromatic carbocycles. The fraction of sp³-hybridized carbons (Fsp3) is 0. The van der Waals surface area contributed by atoms with Crippen LogP contribution in [-0.2, 0) is 0 Å². The largest absolute Gasteiger partial charge is 0.454 e. The Balaban J connectivity index is 1.20. The molecule has 9 rings (SSSR count). The maximum Gasteiger partial charge on any atom is 0.153 e. The highest BCUT2D eigenvalue weighted by Gasteiger charge is 2.19. The summed E-state index contributed by atoms with van der Waals surface area (Å²) < 4.78 is 6.23. The number of hydrogen-bond acceptors (Lipinski definition) is 3. The molecule has 2 aromatic heterocycles. The summed E-state index contributed by atoms with van der Waals surface area (Å²) in [5.41, 5.74) is 12.9. The lowest BCUT2D eigenvalue weighted by Gasteiger charge is -2.28. The van der Waals surface area contributed by atoms with Crippen molar-refractivity contribution in [3.05, 3.63) is 182 Å². The van der Waals surface area contributed by atoms with Gasteiger partial charge in [0.2, 0.25) is 0 Å². The molecule has 0 saturated heterocycles. The number of hydrogen-bond donors (Lipinski definition) is 0. The molecule has 9 aromatic rings. The van der Waals surface area contributed by atoms with E-state index in [-0.39, 0.29) is 0 Å². The van der Waals surface area contributed by atoms with Gasteiger partial charge in [0.1, 0.15) is 11.1 Å². The second kappa shape index (κ2) is 11.7. The number of nitrogens with zero attached hydrogens (tertiary/aromatic N) is 2. The van der Waals surface area contributed by atoms with E-state index in [4.69, 9.17) is 4.42 Å². The monoisotopic (exact) mass is 614 g/mol. The number of anilines is 3. The number of para-hydroxylation sites is 1. The molecular formula is C45H30N2O. The van der Waals surface area contributed by atoms with Crippen LogP contribution in [0.3, 0.4) is 0 Å². The number of fused-ring (bicyclic) bond motifs is 4. The second-order valence-electron chi connectivity index (χ2n) is 12.0. The summed E-state index contributed by atoms with van der Waals surface area (Å²) in [6.45, 7) is 0. The summed E-state index contributed by atoms with van der Waals surface area (Å²) in [7, 11) is 0. The molecule has 0 bridgehead atoms. The molecule has 48 heavy (non-hydrogen) atoms. The van der Waals surface area contributed by atoms with Gasteiger partial charge in [0.25, 0.3) is 0 Å². The summed E-state index contributed by atoms with van der Waals surface area (Å²) in [5.74, 6) is 0. The Labute approximate surface area is 279 Å². The maximum absolute atomic E-state index is 6.23. The van der Waals surface area contributed by atoms with Crippen LogP contribution >= 0.6 is 0 Å². The summed E-state index contributed by atoms with van der Waals surface area (Å²) >= 11 is 0. The Hall–Kier alpha value is -6.45. The Bertz CT molecular complexity index is 2550. The Morgan fingerprint density at radius 1 is 0.417 bits per heavy atom. The van der Waals surface area contributed by atoms with Crippen molar-refractivity contribution in [3.63, 3.8) is 0 Å². The predicted molar refractivity (Wildman–Crippen MR) is 200 cm³/mol. The highest BCUT2D eigenvalue weighted by atomic mass is 16.3. The molecular weight excluding hydrogens is 585 g/mol. The van der Waals surface area contributed by atoms with Gasteiger partial charge < -0.3 is 9.32 Å². The van der Waals surface area contributed by atoms with E-state index in [1.54, 1.807) is 0 Å². The fourth-order valence-electron chi connectivity index (χ4n) is 6.73. The van der Waals surface area contributed by atoms with Crippen LogP contribution in [0.2, 0.25) is 0 Å². The summed E-state index contributed by atoms with van der Waals surface area (Å²) in [6, 6.07) is 62.3. The Kier molecular flexibility index (Phi) is 6.80. The molecule has 0 aliphatic rings. The first-order valence-corrected chi connectivity index (χ1v) is 16.2. The van der Waals surface area contributed by atoms with Gasteiger partial charge >= 0.3 is 0 Å². The predicted octanol–water partition coefficient (Wildman–Crippen LogP) is 12.6. The molecule has 0 fully saturated rings. The third kappa shape index (κ3) is 4.99. The molecule has 0 atom stereocenters. The van der Waals surface area contributed by atoms with Crippen molar-refractivity contribution in [2.45, 2.75) is 0 Å². The average Bonchev–Trinajstić information content (AvgIpc) is 3.52. The van der Waals surface area contributed by atoms with Crippen LogP contribution in [0.15, 0.2) is 187 Å². The molecule has 3 nitrogen and oxygen atoms in total. The first-order chi connectivity index (χ1) is 23.8. The topological polar surface area (TPSA) is 29.3 Å². The minimum atomic E-state index is 0.801. The lowest BCUT2D eigenvalue weighted by molar-refractivity contribution is 0.668. The van der Waals surface area contributed by atoms with Crippen molar-refractivity contribution in [1.29, 1.82) is 0 Å². The fourth-order valence-corrected chi connectivity index (χ4v) is 6.73. The Morgan fingerprint density at radius 2 is 1.08 bits per heavy atom. The summed E-state index contributed by atoms with van der Waals surface area (Å²) in [6.07, 6.45) is 1.82. The van der Waals surface area contributed by atoms with E-state index in [0.717, 1.165) is 61.0 Å². The van der Waals surface area contributed by atoms with E-state index in [1.807, 2.05) is 18.3 Å². The molecule has 0 N–H and O–H groups in total. The third-order valence-electron chi connectivity index (χ3n) is 9.09. The van der Waals surface area contributed by atoms with Crippen molar-refractivity contribution in [2.75, 3.05) is 4.90 Å². The maximum atomic E-state index is 6.23. The van der Waals surface area contributed by atoms with Crippen LogP contribution in [0.1, 0.15) is 0 Å². The van der Waals surface area contributed by atoms with E-state index >= 15 is 0 Å². The van der Waals surface area contributed by atoms with Crippen molar-refractivity contribution in [1.82, 2.24) is 4.98 Å². The number of rotatable bonds is 6. The van der Waals surface area contributed by atoms with Crippen molar-refractivity contribution < 1.29 is 4.42 Å². The first kappa shape index (κ1) is 27.8. The number of pyridine rings is 1. The van der Waals surface area contributed by atoms with Gasteiger partial charge in [-0.3, -0.25) is 4.98 Å². The molecule has 0 unspecified atom stereocenters. The van der Waals surface area contributed by atoms with Crippen LogP contribution < -0.4 is 4.90 Å². The van der Waals surface area contributed by atoms with E-state index in [1.165, 1.54) is 22.3 Å². The molecule has 3 heteroatoms. The molecule has 0 saturated carbocycles. The van der Waals surface area contributed by atoms with Gasteiger partial charge in [0.05, 0.1) is 5.69 Å². The van der Waals surface area contributed by atoms with Crippen LogP contribution in [0.25, 0.3) is 66.2 Å². The molecule has 2 heterocycles. The molecule has 0 aliphatic heterocycles. The van der Waals surface area contributed by atoms with Gasteiger partial charge in [-0.05, 0) is 93.2 Å². The smallest absolute Gasteiger partial charge is 0.153 e. The number of furan rings is 1. The van der Waals surface area contributed by atoms with Crippen molar-refractivity contribution in [3.8, 4) is 33.4 Å². The lowest BCUT2D eigenvalue weighted by Crippen LogP contribution is -2.11. The summed E-state index contributed by atoms with van der Waals surface area (Å²) in [5, 5.41) is 3.28. The van der Waals surface area contributed by atoms with Crippen LogP contribution in [0, 0.1) is 0 Å². The Morgan fingerprint density at radius 3 is 1.90 bits per heavy atom. The summed E-state index contributed by atoms with van der Waals surface area (Å²) in [4.78, 5) is 6.96. The van der Waals surface area contributed by atoms with Gasteiger partial charge in [0, 0.05) is 28.5 Å². The van der Waals surface area contributed by atoms with Gasteiger partial charge in [-0.25, -0.2) is 0 Å². The van der Waals surface area contributed by atoms with E-state index < -0.39 is 0 Å². The van der Waals surface area contributed by atoms with Crippen molar-refractivity contribution >= 4 is 49.9 Å². The SMILES string of the molecule is c1ccc(-c2ccc(-c3cccc(N(c4ccc5cc6c(cc5c4)oc4cccnc46)c4ccccc4-c4ccccc4)c3)cc2)cc1. The van der Waals surface area contributed by atoms with Gasteiger partial charge in [-0.1, -0.05) is 121 Å². The van der Waals surface area contributed by atoms with E-state index in [2.05, 4.69) is 174 Å². The lowest BCUT2D eigenvalue weighted by atomic mass is 9.98. The zero-order valence-electron chi connectivity index (χ0n) is 26.1. The normalized spacial score (nSPS) is 11.3. The number of benzene rings is 7. The highest BCUT2D eigenvalue weighted by Crippen LogP contribution is 2.43. The first-order valence-electron chi connectivity index (χ1n) is 16.2. The molecule has 0 amide bonds. The van der Waals surface area contributed by atoms with Crippen LogP contribution in [0.5, 0.6) is 0 Å². The molecule has 0 radical (unpaired) electrons. The van der Waals surface area contributed by atoms with Gasteiger partial charge in [0.15, 0.2) is 5.58 Å². The van der Waals surface area contributed by atoms with Gasteiger partial charge in [-0.15, -0.1) is 0 Å². The zero-order chi connectivity index (χ0) is 31.9. The van der Waals surface area contributed by atoms with Crippen molar-refractivity contribution in [2.24, 2.45) is 0 Å². The molecule has 0 aliphatic carbocycles. The minimum absolute atomic E-state index is 0.801. The van der Waals surface area contributed by atoms with E-state index in [0.29, 0.717) is 0 Å². The molecule has 0 spiro atoms. The second-order valence-corrected chi connectivity index (χ2v) is 12.0.